The number of aryl methyl sites for hydroxylation is 2. The topological polar surface area (TPSA) is 79.3 Å². The highest BCUT2D eigenvalue weighted by atomic mass is 16.4. The SMILES string of the molecule is O=C(O)C1CCCC(C(=O)Nc2cnc3c(c2)CCCC3)C1. The van der Waals surface area contributed by atoms with Crippen molar-refractivity contribution < 1.29 is 14.7 Å². The van der Waals surface area contributed by atoms with Crippen LogP contribution in [0.4, 0.5) is 5.69 Å². The fraction of sp³-hybridized carbons (Fsp3) is 0.588. The Bertz CT molecular complexity index is 585. The van der Waals surface area contributed by atoms with E-state index < -0.39 is 5.97 Å². The number of nitrogens with zero attached hydrogens (tertiary/aromatic N) is 1. The summed E-state index contributed by atoms with van der Waals surface area (Å²) < 4.78 is 0. The summed E-state index contributed by atoms with van der Waals surface area (Å²) >= 11 is 0. The van der Waals surface area contributed by atoms with Crippen molar-refractivity contribution in [2.75, 3.05) is 5.32 Å². The standard InChI is InChI=1S/C17H22N2O3/c20-16(12-5-3-6-13(8-12)17(21)22)19-14-9-11-4-1-2-7-15(11)18-10-14/h9-10,12-13H,1-8H2,(H,19,20)(H,21,22). The second-order valence-electron chi connectivity index (χ2n) is 6.42. The number of aromatic nitrogens is 1. The Balaban J connectivity index is 1.65. The Hall–Kier alpha value is -1.91. The average molecular weight is 302 g/mol. The summed E-state index contributed by atoms with van der Waals surface area (Å²) in [6, 6.07) is 2.02. The predicted molar refractivity (Wildman–Crippen MR) is 82.6 cm³/mol. The highest BCUT2D eigenvalue weighted by Crippen LogP contribution is 2.30. The molecule has 0 spiro atoms. The molecule has 3 rings (SSSR count). The number of carbonyl (C=O) groups is 2. The lowest BCUT2D eigenvalue weighted by Crippen LogP contribution is -2.31. The van der Waals surface area contributed by atoms with E-state index in [0.29, 0.717) is 12.8 Å². The molecule has 0 aliphatic heterocycles. The third-order valence-electron chi connectivity index (χ3n) is 4.83. The van der Waals surface area contributed by atoms with E-state index in [4.69, 9.17) is 5.11 Å². The van der Waals surface area contributed by atoms with Gasteiger partial charge in [0.15, 0.2) is 0 Å². The number of carboxylic acids is 1. The third-order valence-corrected chi connectivity index (χ3v) is 4.83. The van der Waals surface area contributed by atoms with E-state index in [1.807, 2.05) is 6.07 Å². The number of amides is 1. The highest BCUT2D eigenvalue weighted by Gasteiger charge is 2.31. The van der Waals surface area contributed by atoms with Gasteiger partial charge >= 0.3 is 5.97 Å². The molecule has 5 nitrogen and oxygen atoms in total. The molecule has 2 atom stereocenters. The van der Waals surface area contributed by atoms with E-state index in [2.05, 4.69) is 10.3 Å². The van der Waals surface area contributed by atoms with Crippen LogP contribution in [0.5, 0.6) is 0 Å². The van der Waals surface area contributed by atoms with Gasteiger partial charge in [0.2, 0.25) is 5.91 Å². The molecule has 1 amide bonds. The largest absolute Gasteiger partial charge is 0.481 e. The molecule has 2 aliphatic carbocycles. The minimum atomic E-state index is -0.784. The van der Waals surface area contributed by atoms with E-state index >= 15 is 0 Å². The molecule has 1 fully saturated rings. The number of carbonyl (C=O) groups excluding carboxylic acids is 1. The average Bonchev–Trinajstić information content (AvgIpc) is 2.55. The van der Waals surface area contributed by atoms with Crippen LogP contribution >= 0.6 is 0 Å². The molecule has 0 saturated heterocycles. The van der Waals surface area contributed by atoms with Crippen molar-refractivity contribution in [3.63, 3.8) is 0 Å². The zero-order valence-corrected chi connectivity index (χ0v) is 12.7. The normalized spacial score (nSPS) is 24.4. The lowest BCUT2D eigenvalue weighted by atomic mass is 9.81. The number of pyridine rings is 1. The number of nitrogens with one attached hydrogen (secondary N) is 1. The number of aliphatic carboxylic acids is 1. The first-order valence-electron chi connectivity index (χ1n) is 8.15. The van der Waals surface area contributed by atoms with Crippen LogP contribution in [-0.4, -0.2) is 22.0 Å². The highest BCUT2D eigenvalue weighted by molar-refractivity contribution is 5.92. The van der Waals surface area contributed by atoms with Gasteiger partial charge < -0.3 is 10.4 Å². The van der Waals surface area contributed by atoms with Crippen LogP contribution in [0.1, 0.15) is 49.8 Å². The molecular formula is C17H22N2O3. The lowest BCUT2D eigenvalue weighted by Gasteiger charge is -2.25. The third kappa shape index (κ3) is 3.29. The van der Waals surface area contributed by atoms with E-state index in [1.165, 1.54) is 18.4 Å². The maximum absolute atomic E-state index is 12.4. The maximum atomic E-state index is 12.4. The van der Waals surface area contributed by atoms with Gasteiger partial charge in [0.1, 0.15) is 0 Å². The first kappa shape index (κ1) is 15.0. The molecule has 2 unspecified atom stereocenters. The number of rotatable bonds is 3. The zero-order chi connectivity index (χ0) is 15.5. The van der Waals surface area contributed by atoms with Gasteiger partial charge in [-0.3, -0.25) is 14.6 Å². The Kier molecular flexibility index (Phi) is 4.41. The van der Waals surface area contributed by atoms with Gasteiger partial charge in [0.05, 0.1) is 17.8 Å². The molecule has 2 aliphatic rings. The van der Waals surface area contributed by atoms with Crippen LogP contribution in [-0.2, 0) is 22.4 Å². The van der Waals surface area contributed by atoms with E-state index in [0.717, 1.165) is 37.1 Å². The molecule has 22 heavy (non-hydrogen) atoms. The summed E-state index contributed by atoms with van der Waals surface area (Å²) in [4.78, 5) is 27.9. The monoisotopic (exact) mass is 302 g/mol. The van der Waals surface area contributed by atoms with Crippen molar-refractivity contribution in [1.82, 2.24) is 4.98 Å². The van der Waals surface area contributed by atoms with Gasteiger partial charge in [-0.25, -0.2) is 0 Å². The van der Waals surface area contributed by atoms with Gasteiger partial charge in [-0.05, 0) is 56.6 Å². The first-order valence-corrected chi connectivity index (χ1v) is 8.15. The number of hydrogen-bond acceptors (Lipinski definition) is 3. The smallest absolute Gasteiger partial charge is 0.306 e. The molecule has 0 radical (unpaired) electrons. The Morgan fingerprint density at radius 2 is 1.91 bits per heavy atom. The predicted octanol–water partition coefficient (Wildman–Crippen LogP) is 2.79. The van der Waals surface area contributed by atoms with E-state index in [1.54, 1.807) is 6.20 Å². The molecule has 5 heteroatoms. The van der Waals surface area contributed by atoms with Crippen LogP contribution in [0, 0.1) is 11.8 Å². The summed E-state index contributed by atoms with van der Waals surface area (Å²) in [5, 5.41) is 12.0. The second-order valence-corrected chi connectivity index (χ2v) is 6.42. The Morgan fingerprint density at radius 1 is 1.14 bits per heavy atom. The number of anilines is 1. The Labute approximate surface area is 130 Å². The molecule has 1 heterocycles. The van der Waals surface area contributed by atoms with Gasteiger partial charge in [-0.2, -0.15) is 0 Å². The summed E-state index contributed by atoms with van der Waals surface area (Å²) in [6.07, 6.45) is 8.83. The van der Waals surface area contributed by atoms with Crippen molar-refractivity contribution in [2.45, 2.75) is 51.4 Å². The fourth-order valence-corrected chi connectivity index (χ4v) is 3.55. The van der Waals surface area contributed by atoms with Gasteiger partial charge in [-0.1, -0.05) is 6.42 Å². The van der Waals surface area contributed by atoms with Crippen LogP contribution < -0.4 is 5.32 Å². The van der Waals surface area contributed by atoms with Crippen molar-refractivity contribution in [3.05, 3.63) is 23.5 Å². The van der Waals surface area contributed by atoms with Gasteiger partial charge in [-0.15, -0.1) is 0 Å². The molecule has 0 bridgehead atoms. The van der Waals surface area contributed by atoms with Crippen molar-refractivity contribution >= 4 is 17.6 Å². The van der Waals surface area contributed by atoms with E-state index in [9.17, 15) is 9.59 Å². The molecule has 1 aromatic rings. The number of carboxylic acid groups (broad SMARTS) is 1. The molecule has 1 aromatic heterocycles. The molecule has 0 aromatic carbocycles. The summed E-state index contributed by atoms with van der Waals surface area (Å²) in [7, 11) is 0. The van der Waals surface area contributed by atoms with Crippen molar-refractivity contribution in [1.29, 1.82) is 0 Å². The summed E-state index contributed by atoms with van der Waals surface area (Å²) in [6.45, 7) is 0. The van der Waals surface area contributed by atoms with Crippen LogP contribution in [0.25, 0.3) is 0 Å². The lowest BCUT2D eigenvalue weighted by molar-refractivity contribution is -0.143. The molecule has 1 saturated carbocycles. The fourth-order valence-electron chi connectivity index (χ4n) is 3.55. The van der Waals surface area contributed by atoms with Gasteiger partial charge in [0.25, 0.3) is 0 Å². The molecule has 118 valence electrons. The molecular weight excluding hydrogens is 280 g/mol. The van der Waals surface area contributed by atoms with Crippen LogP contribution in [0.15, 0.2) is 12.3 Å². The number of fused-ring (bicyclic) bond motifs is 1. The van der Waals surface area contributed by atoms with Crippen molar-refractivity contribution in [2.24, 2.45) is 11.8 Å². The van der Waals surface area contributed by atoms with Crippen LogP contribution in [0.2, 0.25) is 0 Å². The quantitative estimate of drug-likeness (QED) is 0.900. The summed E-state index contributed by atoms with van der Waals surface area (Å²) in [5.41, 5.74) is 3.12. The maximum Gasteiger partial charge on any atom is 0.306 e. The first-order chi connectivity index (χ1) is 10.6. The van der Waals surface area contributed by atoms with Crippen molar-refractivity contribution in [3.8, 4) is 0 Å². The summed E-state index contributed by atoms with van der Waals surface area (Å²) in [5.74, 6) is -1.44. The minimum absolute atomic E-state index is 0.0662. The zero-order valence-electron chi connectivity index (χ0n) is 12.7. The van der Waals surface area contributed by atoms with Crippen LogP contribution in [0.3, 0.4) is 0 Å². The number of hydrogen-bond donors (Lipinski definition) is 2. The molecule has 2 N–H and O–H groups in total. The Morgan fingerprint density at radius 3 is 2.73 bits per heavy atom. The van der Waals surface area contributed by atoms with E-state index in [-0.39, 0.29) is 17.7 Å². The minimum Gasteiger partial charge on any atom is -0.481 e. The second kappa shape index (κ2) is 6.46. The van der Waals surface area contributed by atoms with Gasteiger partial charge in [0, 0.05) is 11.6 Å².